The minimum atomic E-state index is -4.94. The zero-order chi connectivity index (χ0) is 19.9. The summed E-state index contributed by atoms with van der Waals surface area (Å²) in [4.78, 5) is 18.2. The topological polar surface area (TPSA) is 45.2 Å². The van der Waals surface area contributed by atoms with Crippen LogP contribution in [0.25, 0.3) is 0 Å². The lowest BCUT2D eigenvalue weighted by atomic mass is 10.0. The van der Waals surface area contributed by atoms with Gasteiger partial charge in [0.15, 0.2) is 0 Å². The van der Waals surface area contributed by atoms with Gasteiger partial charge in [-0.3, -0.25) is 9.69 Å². The SMILES string of the molecule is O=C1c2ccccc2N(c2ccccn2)C1(Nc1ccc(Br)cc1)C(F)(F)F. The van der Waals surface area contributed by atoms with Crippen molar-refractivity contribution in [1.82, 2.24) is 4.98 Å². The summed E-state index contributed by atoms with van der Waals surface area (Å²) in [5, 5.41) is 2.46. The molecule has 1 aromatic heterocycles. The van der Waals surface area contributed by atoms with Gasteiger partial charge in [-0.15, -0.1) is 0 Å². The van der Waals surface area contributed by atoms with Gasteiger partial charge < -0.3 is 5.32 Å². The van der Waals surface area contributed by atoms with Gasteiger partial charge in [-0.1, -0.05) is 34.1 Å². The molecule has 4 rings (SSSR count). The summed E-state index contributed by atoms with van der Waals surface area (Å²) in [6.45, 7) is 0. The summed E-state index contributed by atoms with van der Waals surface area (Å²) in [5.41, 5.74) is -2.73. The molecule has 0 spiro atoms. The van der Waals surface area contributed by atoms with Crippen molar-refractivity contribution in [3.63, 3.8) is 0 Å². The molecule has 1 N–H and O–H groups in total. The Kier molecular flexibility index (Phi) is 4.38. The van der Waals surface area contributed by atoms with Crippen LogP contribution in [0.3, 0.4) is 0 Å². The number of hydrogen-bond donors (Lipinski definition) is 1. The molecule has 8 heteroatoms. The summed E-state index contributed by atoms with van der Waals surface area (Å²) in [6.07, 6.45) is -3.55. The van der Waals surface area contributed by atoms with E-state index >= 15 is 0 Å². The number of fused-ring (bicyclic) bond motifs is 1. The van der Waals surface area contributed by atoms with Crippen molar-refractivity contribution in [2.75, 3.05) is 10.2 Å². The second-order valence-electron chi connectivity index (χ2n) is 6.21. The number of ketones is 1. The predicted molar refractivity (Wildman–Crippen MR) is 104 cm³/mol. The van der Waals surface area contributed by atoms with Crippen LogP contribution in [-0.4, -0.2) is 22.6 Å². The zero-order valence-corrected chi connectivity index (χ0v) is 15.8. The number of carbonyl (C=O) groups is 1. The van der Waals surface area contributed by atoms with Crippen LogP contribution in [0.15, 0.2) is 77.4 Å². The highest BCUT2D eigenvalue weighted by atomic mass is 79.9. The molecular formula is C20H13BrF3N3O. The minimum Gasteiger partial charge on any atom is -0.348 e. The van der Waals surface area contributed by atoms with E-state index in [0.29, 0.717) is 4.47 Å². The van der Waals surface area contributed by atoms with E-state index in [0.717, 1.165) is 4.90 Å². The van der Waals surface area contributed by atoms with E-state index in [-0.39, 0.29) is 22.8 Å². The third-order valence-electron chi connectivity index (χ3n) is 4.51. The fraction of sp³-hybridized carbons (Fsp3) is 0.100. The normalized spacial score (nSPS) is 18.9. The Morgan fingerprint density at radius 3 is 2.29 bits per heavy atom. The van der Waals surface area contributed by atoms with Crippen molar-refractivity contribution < 1.29 is 18.0 Å². The molecule has 0 saturated carbocycles. The second kappa shape index (κ2) is 6.63. The van der Waals surface area contributed by atoms with E-state index in [4.69, 9.17) is 0 Å². The van der Waals surface area contributed by atoms with Crippen molar-refractivity contribution in [3.8, 4) is 0 Å². The van der Waals surface area contributed by atoms with Crippen molar-refractivity contribution in [3.05, 3.63) is 83.0 Å². The molecule has 1 aliphatic heterocycles. The molecule has 0 bridgehead atoms. The van der Waals surface area contributed by atoms with Crippen molar-refractivity contribution in [2.45, 2.75) is 11.8 Å². The number of benzene rings is 2. The number of nitrogens with zero attached hydrogens (tertiary/aromatic N) is 2. The molecule has 0 aliphatic carbocycles. The minimum absolute atomic E-state index is 0.0164. The molecule has 2 heterocycles. The Balaban J connectivity index is 1.97. The molecule has 1 unspecified atom stereocenters. The molecule has 28 heavy (non-hydrogen) atoms. The summed E-state index contributed by atoms with van der Waals surface area (Å²) >= 11 is 3.26. The molecule has 1 aliphatic rings. The number of Topliss-reactive ketones (excluding diaryl/α,β-unsaturated/α-hetero) is 1. The number of hydrogen-bond acceptors (Lipinski definition) is 4. The smallest absolute Gasteiger partial charge is 0.348 e. The van der Waals surface area contributed by atoms with Crippen molar-refractivity contribution in [1.29, 1.82) is 0 Å². The summed E-state index contributed by atoms with van der Waals surface area (Å²) < 4.78 is 44.4. The van der Waals surface area contributed by atoms with E-state index in [2.05, 4.69) is 26.2 Å². The molecule has 0 fully saturated rings. The predicted octanol–water partition coefficient (Wildman–Crippen LogP) is 5.55. The van der Waals surface area contributed by atoms with Gasteiger partial charge >= 0.3 is 6.18 Å². The molecule has 0 radical (unpaired) electrons. The third-order valence-corrected chi connectivity index (χ3v) is 5.04. The van der Waals surface area contributed by atoms with Gasteiger partial charge in [-0.05, 0) is 48.5 Å². The van der Waals surface area contributed by atoms with Crippen LogP contribution in [0.2, 0.25) is 0 Å². The first-order valence-corrected chi connectivity index (χ1v) is 9.09. The molecule has 1 atom stereocenters. The lowest BCUT2D eigenvalue weighted by Crippen LogP contribution is -2.65. The van der Waals surface area contributed by atoms with E-state index in [1.165, 1.54) is 36.5 Å². The van der Waals surface area contributed by atoms with Gasteiger partial charge in [0.2, 0.25) is 5.78 Å². The summed E-state index contributed by atoms with van der Waals surface area (Å²) in [7, 11) is 0. The van der Waals surface area contributed by atoms with E-state index in [9.17, 15) is 18.0 Å². The van der Waals surface area contributed by atoms with Gasteiger partial charge in [0, 0.05) is 21.9 Å². The van der Waals surface area contributed by atoms with E-state index in [1.54, 1.807) is 36.4 Å². The highest BCUT2D eigenvalue weighted by Crippen LogP contribution is 2.50. The van der Waals surface area contributed by atoms with Gasteiger partial charge in [0.05, 0.1) is 5.69 Å². The molecule has 142 valence electrons. The largest absolute Gasteiger partial charge is 0.438 e. The first kappa shape index (κ1) is 18.5. The number of nitrogens with one attached hydrogen (secondary N) is 1. The second-order valence-corrected chi connectivity index (χ2v) is 7.13. The Morgan fingerprint density at radius 1 is 0.964 bits per heavy atom. The van der Waals surface area contributed by atoms with Crippen LogP contribution in [0.5, 0.6) is 0 Å². The first-order chi connectivity index (χ1) is 13.3. The number of anilines is 3. The van der Waals surface area contributed by atoms with Crippen molar-refractivity contribution in [2.24, 2.45) is 0 Å². The average Bonchev–Trinajstić information content (AvgIpc) is 2.94. The van der Waals surface area contributed by atoms with E-state index < -0.39 is 17.6 Å². The maximum absolute atomic E-state index is 14.6. The van der Waals surface area contributed by atoms with Gasteiger partial charge in [0.25, 0.3) is 5.66 Å². The third kappa shape index (κ3) is 2.75. The number of aromatic nitrogens is 1. The fourth-order valence-electron chi connectivity index (χ4n) is 3.30. The number of alkyl halides is 3. The monoisotopic (exact) mass is 447 g/mol. The fourth-order valence-corrected chi connectivity index (χ4v) is 3.56. The van der Waals surface area contributed by atoms with Crippen LogP contribution >= 0.6 is 15.9 Å². The lowest BCUT2D eigenvalue weighted by molar-refractivity contribution is -0.161. The number of para-hydroxylation sites is 1. The van der Waals surface area contributed by atoms with Crippen LogP contribution in [0.1, 0.15) is 10.4 Å². The Bertz CT molecular complexity index is 1020. The molecule has 4 nitrogen and oxygen atoms in total. The molecule has 0 amide bonds. The highest BCUT2D eigenvalue weighted by Gasteiger charge is 2.69. The molecular weight excluding hydrogens is 435 g/mol. The Hall–Kier alpha value is -2.87. The van der Waals surface area contributed by atoms with Crippen LogP contribution in [0, 0.1) is 0 Å². The van der Waals surface area contributed by atoms with Crippen LogP contribution < -0.4 is 10.2 Å². The number of pyridine rings is 1. The Labute approximate surface area is 167 Å². The maximum Gasteiger partial charge on any atom is 0.438 e. The summed E-state index contributed by atoms with van der Waals surface area (Å²) in [5.74, 6) is -1.06. The van der Waals surface area contributed by atoms with Gasteiger partial charge in [0.1, 0.15) is 5.82 Å². The lowest BCUT2D eigenvalue weighted by Gasteiger charge is -2.40. The van der Waals surface area contributed by atoms with Gasteiger partial charge in [-0.25, -0.2) is 4.98 Å². The van der Waals surface area contributed by atoms with Crippen molar-refractivity contribution >= 4 is 38.9 Å². The van der Waals surface area contributed by atoms with Crippen LogP contribution in [0.4, 0.5) is 30.4 Å². The number of carbonyl (C=O) groups excluding carboxylic acids is 1. The zero-order valence-electron chi connectivity index (χ0n) is 14.2. The maximum atomic E-state index is 14.6. The van der Waals surface area contributed by atoms with Crippen LogP contribution in [-0.2, 0) is 0 Å². The standard InChI is InChI=1S/C20H13BrF3N3O/c21-13-8-10-14(11-9-13)26-19(20(22,23)24)18(28)15-5-1-2-6-16(15)27(19)17-7-3-4-12-25-17/h1-12,26H. The van der Waals surface area contributed by atoms with E-state index in [1.807, 2.05) is 0 Å². The molecule has 3 aromatic rings. The Morgan fingerprint density at radius 2 is 1.64 bits per heavy atom. The first-order valence-electron chi connectivity index (χ1n) is 8.30. The number of rotatable bonds is 3. The van der Waals surface area contributed by atoms with Gasteiger partial charge in [-0.2, -0.15) is 13.2 Å². The molecule has 0 saturated heterocycles. The number of halogens is 4. The summed E-state index contributed by atoms with van der Waals surface area (Å²) in [6, 6.07) is 16.8. The average molecular weight is 448 g/mol. The highest BCUT2D eigenvalue weighted by molar-refractivity contribution is 9.10. The quantitative estimate of drug-likeness (QED) is 0.571. The molecule has 2 aromatic carbocycles.